The molecular weight excluding hydrogens is 492 g/mol. The van der Waals surface area contributed by atoms with Gasteiger partial charge in [0.2, 0.25) is 5.91 Å². The van der Waals surface area contributed by atoms with Crippen LogP contribution < -0.4 is 20.1 Å². The first-order chi connectivity index (χ1) is 15.4. The van der Waals surface area contributed by atoms with E-state index in [1.807, 2.05) is 43.3 Å². The van der Waals surface area contributed by atoms with Crippen molar-refractivity contribution in [2.45, 2.75) is 17.1 Å². The van der Waals surface area contributed by atoms with Crippen molar-refractivity contribution in [1.29, 1.82) is 0 Å². The number of hydrogen-bond acceptors (Lipinski definition) is 5. The number of ether oxygens (including phenoxy) is 2. The monoisotopic (exact) mass is 514 g/mol. The van der Waals surface area contributed by atoms with E-state index in [0.29, 0.717) is 22.7 Å². The van der Waals surface area contributed by atoms with Crippen molar-refractivity contribution >= 4 is 50.9 Å². The average molecular weight is 515 g/mol. The van der Waals surface area contributed by atoms with Crippen LogP contribution in [0.3, 0.4) is 0 Å². The Balaban J connectivity index is 1.63. The predicted molar refractivity (Wildman–Crippen MR) is 132 cm³/mol. The summed E-state index contributed by atoms with van der Waals surface area (Å²) in [6, 6.07) is 20.0. The van der Waals surface area contributed by atoms with Crippen LogP contribution in [-0.2, 0) is 4.79 Å². The third-order valence-electron chi connectivity index (χ3n) is 4.58. The zero-order valence-corrected chi connectivity index (χ0v) is 20.2. The summed E-state index contributed by atoms with van der Waals surface area (Å²) in [6.07, 6.45) is 0. The SMILES string of the molecule is COc1cccc(OC)c1C(=O)Nc1ccc(SC(C)C(=O)Nc2ccccc2Br)cc1. The van der Waals surface area contributed by atoms with Gasteiger partial charge in [-0.25, -0.2) is 0 Å². The molecule has 166 valence electrons. The van der Waals surface area contributed by atoms with Crippen molar-refractivity contribution < 1.29 is 19.1 Å². The highest BCUT2D eigenvalue weighted by Crippen LogP contribution is 2.30. The molecule has 0 aliphatic rings. The largest absolute Gasteiger partial charge is 0.496 e. The van der Waals surface area contributed by atoms with E-state index in [1.54, 1.807) is 30.3 Å². The molecule has 0 heterocycles. The highest BCUT2D eigenvalue weighted by Gasteiger charge is 2.19. The number of rotatable bonds is 8. The van der Waals surface area contributed by atoms with Gasteiger partial charge in [0.05, 0.1) is 25.2 Å². The number of nitrogens with one attached hydrogen (secondary N) is 2. The summed E-state index contributed by atoms with van der Waals surface area (Å²) in [6.45, 7) is 1.85. The number of hydrogen-bond donors (Lipinski definition) is 2. The van der Waals surface area contributed by atoms with E-state index in [-0.39, 0.29) is 17.1 Å². The summed E-state index contributed by atoms with van der Waals surface area (Å²) in [5, 5.41) is 5.47. The summed E-state index contributed by atoms with van der Waals surface area (Å²) < 4.78 is 11.4. The lowest BCUT2D eigenvalue weighted by Crippen LogP contribution is -2.22. The molecule has 6 nitrogen and oxygen atoms in total. The Morgan fingerprint density at radius 3 is 2.09 bits per heavy atom. The smallest absolute Gasteiger partial charge is 0.263 e. The molecule has 0 fully saturated rings. The normalized spacial score (nSPS) is 11.4. The molecule has 0 radical (unpaired) electrons. The second-order valence-electron chi connectivity index (χ2n) is 6.75. The van der Waals surface area contributed by atoms with Gasteiger partial charge < -0.3 is 20.1 Å². The summed E-state index contributed by atoms with van der Waals surface area (Å²) in [5.74, 6) is 0.432. The van der Waals surface area contributed by atoms with Crippen molar-refractivity contribution in [1.82, 2.24) is 0 Å². The van der Waals surface area contributed by atoms with Gasteiger partial charge in [-0.3, -0.25) is 9.59 Å². The summed E-state index contributed by atoms with van der Waals surface area (Å²) in [5.41, 5.74) is 1.68. The van der Waals surface area contributed by atoms with Crippen molar-refractivity contribution in [2.24, 2.45) is 0 Å². The van der Waals surface area contributed by atoms with Crippen LogP contribution in [0.5, 0.6) is 11.5 Å². The van der Waals surface area contributed by atoms with Crippen LogP contribution in [0, 0.1) is 0 Å². The maximum atomic E-state index is 12.8. The fourth-order valence-electron chi connectivity index (χ4n) is 2.94. The van der Waals surface area contributed by atoms with E-state index in [2.05, 4.69) is 26.6 Å². The van der Waals surface area contributed by atoms with Crippen LogP contribution >= 0.6 is 27.7 Å². The molecule has 1 unspecified atom stereocenters. The molecule has 2 amide bonds. The first-order valence-electron chi connectivity index (χ1n) is 9.77. The molecule has 0 aliphatic heterocycles. The number of benzene rings is 3. The van der Waals surface area contributed by atoms with Crippen molar-refractivity contribution in [3.8, 4) is 11.5 Å². The summed E-state index contributed by atoms with van der Waals surface area (Å²) in [4.78, 5) is 26.2. The van der Waals surface area contributed by atoms with Gasteiger partial charge in [0, 0.05) is 15.1 Å². The zero-order chi connectivity index (χ0) is 23.1. The van der Waals surface area contributed by atoms with Crippen LogP contribution in [0.2, 0.25) is 0 Å². The molecule has 3 rings (SSSR count). The number of halogens is 1. The molecule has 8 heteroatoms. The minimum absolute atomic E-state index is 0.0949. The molecule has 2 N–H and O–H groups in total. The standard InChI is InChI=1S/C24H23BrN2O4S/c1-15(23(28)27-19-8-5-4-7-18(19)25)32-17-13-11-16(12-14-17)26-24(29)22-20(30-2)9-6-10-21(22)31-3/h4-15H,1-3H3,(H,26,29)(H,27,28). The van der Waals surface area contributed by atoms with Gasteiger partial charge in [0.15, 0.2) is 0 Å². The maximum Gasteiger partial charge on any atom is 0.263 e. The van der Waals surface area contributed by atoms with E-state index >= 15 is 0 Å². The molecular formula is C24H23BrN2O4S. The van der Waals surface area contributed by atoms with E-state index in [1.165, 1.54) is 26.0 Å². The maximum absolute atomic E-state index is 12.8. The first kappa shape index (κ1) is 23.7. The van der Waals surface area contributed by atoms with E-state index < -0.39 is 0 Å². The molecule has 1 atom stereocenters. The Morgan fingerprint density at radius 2 is 1.50 bits per heavy atom. The first-order valence-corrected chi connectivity index (χ1v) is 11.4. The van der Waals surface area contributed by atoms with Gasteiger partial charge in [0.25, 0.3) is 5.91 Å². The van der Waals surface area contributed by atoms with E-state index in [4.69, 9.17) is 9.47 Å². The minimum Gasteiger partial charge on any atom is -0.496 e. The molecule has 0 bridgehead atoms. The number of methoxy groups -OCH3 is 2. The van der Waals surface area contributed by atoms with Gasteiger partial charge in [-0.2, -0.15) is 0 Å². The van der Waals surface area contributed by atoms with Crippen molar-refractivity contribution in [3.63, 3.8) is 0 Å². The molecule has 0 spiro atoms. The molecule has 0 aromatic heterocycles. The quantitative estimate of drug-likeness (QED) is 0.369. The van der Waals surface area contributed by atoms with Crippen LogP contribution in [0.15, 0.2) is 76.1 Å². The van der Waals surface area contributed by atoms with Gasteiger partial charge in [0.1, 0.15) is 17.1 Å². The van der Waals surface area contributed by atoms with Crippen LogP contribution in [-0.4, -0.2) is 31.3 Å². The van der Waals surface area contributed by atoms with Gasteiger partial charge in [-0.05, 0) is 71.4 Å². The second-order valence-corrected chi connectivity index (χ2v) is 9.01. The Kier molecular flexibility index (Phi) is 8.19. The highest BCUT2D eigenvalue weighted by molar-refractivity contribution is 9.10. The number of carbonyl (C=O) groups is 2. The number of amides is 2. The number of thioether (sulfide) groups is 1. The number of anilines is 2. The highest BCUT2D eigenvalue weighted by atomic mass is 79.9. The molecule has 0 saturated heterocycles. The van der Waals surface area contributed by atoms with E-state index in [9.17, 15) is 9.59 Å². The van der Waals surface area contributed by atoms with Crippen molar-refractivity contribution in [3.05, 3.63) is 76.8 Å². The fraction of sp³-hybridized carbons (Fsp3) is 0.167. The second kappa shape index (κ2) is 11.1. The van der Waals surface area contributed by atoms with Gasteiger partial charge >= 0.3 is 0 Å². The lowest BCUT2D eigenvalue weighted by atomic mass is 10.1. The van der Waals surface area contributed by atoms with Crippen molar-refractivity contribution in [2.75, 3.05) is 24.9 Å². The Labute approximate surface area is 199 Å². The molecule has 0 aliphatic carbocycles. The Morgan fingerprint density at radius 1 is 0.875 bits per heavy atom. The summed E-state index contributed by atoms with van der Waals surface area (Å²) in [7, 11) is 3.01. The topological polar surface area (TPSA) is 76.7 Å². The van der Waals surface area contributed by atoms with Crippen LogP contribution in [0.4, 0.5) is 11.4 Å². The lowest BCUT2D eigenvalue weighted by Gasteiger charge is -2.14. The van der Waals surface area contributed by atoms with Crippen LogP contribution in [0.1, 0.15) is 17.3 Å². The zero-order valence-electron chi connectivity index (χ0n) is 17.8. The number of carbonyl (C=O) groups excluding carboxylic acids is 2. The third-order valence-corrected chi connectivity index (χ3v) is 6.38. The molecule has 32 heavy (non-hydrogen) atoms. The fourth-order valence-corrected chi connectivity index (χ4v) is 4.19. The van der Waals surface area contributed by atoms with E-state index in [0.717, 1.165) is 15.1 Å². The molecule has 3 aromatic rings. The van der Waals surface area contributed by atoms with Gasteiger partial charge in [-0.1, -0.05) is 18.2 Å². The average Bonchev–Trinajstić information content (AvgIpc) is 2.81. The Bertz CT molecular complexity index is 1080. The molecule has 3 aromatic carbocycles. The third kappa shape index (κ3) is 5.83. The minimum atomic E-state index is -0.333. The lowest BCUT2D eigenvalue weighted by molar-refractivity contribution is -0.115. The predicted octanol–water partition coefficient (Wildman–Crippen LogP) is 5.84. The molecule has 0 saturated carbocycles. The summed E-state index contributed by atoms with van der Waals surface area (Å²) >= 11 is 4.86. The number of para-hydroxylation sites is 1. The Hall–Kier alpha value is -2.97. The van der Waals surface area contributed by atoms with Gasteiger partial charge in [-0.15, -0.1) is 11.8 Å². The van der Waals surface area contributed by atoms with Crippen LogP contribution in [0.25, 0.3) is 0 Å².